The molecule has 0 aliphatic heterocycles. The molecule has 0 heterocycles. The summed E-state index contributed by atoms with van der Waals surface area (Å²) in [5, 5.41) is 4.92. The number of hydrogen-bond donors (Lipinski definition) is 2. The van der Waals surface area contributed by atoms with Crippen molar-refractivity contribution in [3.05, 3.63) is 114 Å². The van der Waals surface area contributed by atoms with Gasteiger partial charge >= 0.3 is 0 Å². The summed E-state index contributed by atoms with van der Waals surface area (Å²) in [7, 11) is -4.01. The van der Waals surface area contributed by atoms with Gasteiger partial charge in [0.1, 0.15) is 0 Å². The predicted molar refractivity (Wildman–Crippen MR) is 146 cm³/mol. The Labute approximate surface area is 217 Å². The summed E-state index contributed by atoms with van der Waals surface area (Å²) in [4.78, 5) is 25.6. The highest BCUT2D eigenvalue weighted by Crippen LogP contribution is 2.27. The number of rotatable bonds is 10. The van der Waals surface area contributed by atoms with Crippen molar-refractivity contribution in [3.63, 3.8) is 0 Å². The van der Waals surface area contributed by atoms with Crippen molar-refractivity contribution in [2.24, 2.45) is 0 Å². The molecule has 4 rings (SSSR count). The number of benzene rings is 4. The van der Waals surface area contributed by atoms with Crippen molar-refractivity contribution in [3.8, 4) is 0 Å². The van der Waals surface area contributed by atoms with Gasteiger partial charge in [-0.1, -0.05) is 84.8 Å². The van der Waals surface area contributed by atoms with Crippen LogP contribution in [-0.4, -0.2) is 26.8 Å². The molecule has 4 aromatic carbocycles. The minimum absolute atomic E-state index is 0.0485. The van der Waals surface area contributed by atoms with Crippen molar-refractivity contribution in [2.45, 2.75) is 37.0 Å². The van der Waals surface area contributed by atoms with E-state index in [-0.39, 0.29) is 10.8 Å². The van der Waals surface area contributed by atoms with Gasteiger partial charge in [-0.15, -0.1) is 0 Å². The van der Waals surface area contributed by atoms with E-state index in [0.717, 1.165) is 21.9 Å². The third-order valence-corrected chi connectivity index (χ3v) is 7.66. The van der Waals surface area contributed by atoms with Gasteiger partial charge in [-0.25, -0.2) is 13.1 Å². The lowest BCUT2D eigenvalue weighted by molar-refractivity contribution is -0.121. The molecular weight excluding hydrogens is 484 g/mol. The summed E-state index contributed by atoms with van der Waals surface area (Å²) in [6, 6.07) is 29.0. The molecule has 0 fully saturated rings. The summed E-state index contributed by atoms with van der Waals surface area (Å²) < 4.78 is 28.1. The molecule has 0 bridgehead atoms. The Hall–Kier alpha value is -3.97. The van der Waals surface area contributed by atoms with Crippen LogP contribution >= 0.6 is 0 Å². The fraction of sp³-hybridized carbons (Fsp3) is 0.200. The summed E-state index contributed by atoms with van der Waals surface area (Å²) >= 11 is 0. The van der Waals surface area contributed by atoms with E-state index in [2.05, 4.69) is 10.0 Å². The Balaban J connectivity index is 1.46. The van der Waals surface area contributed by atoms with Crippen LogP contribution in [0.3, 0.4) is 0 Å². The third kappa shape index (κ3) is 6.83. The van der Waals surface area contributed by atoms with Crippen LogP contribution in [0.25, 0.3) is 10.8 Å². The van der Waals surface area contributed by atoms with Crippen LogP contribution in [0.4, 0.5) is 0 Å². The van der Waals surface area contributed by atoms with Crippen LogP contribution in [0, 0.1) is 6.92 Å². The highest BCUT2D eigenvalue weighted by Gasteiger charge is 2.26. The first-order valence-corrected chi connectivity index (χ1v) is 13.8. The molecular formula is C30H30N2O4S. The zero-order valence-corrected chi connectivity index (χ0v) is 21.5. The van der Waals surface area contributed by atoms with E-state index in [1.165, 1.54) is 12.1 Å². The van der Waals surface area contributed by atoms with Gasteiger partial charge in [0.2, 0.25) is 5.91 Å². The smallest absolute Gasteiger partial charge is 0.264 e. The maximum absolute atomic E-state index is 13.3. The van der Waals surface area contributed by atoms with Gasteiger partial charge in [0.15, 0.2) is 0 Å². The molecule has 1 unspecified atom stereocenters. The molecule has 0 aliphatic carbocycles. The Morgan fingerprint density at radius 2 is 1.46 bits per heavy atom. The Morgan fingerprint density at radius 3 is 2.19 bits per heavy atom. The second-order valence-corrected chi connectivity index (χ2v) is 10.7. The molecule has 37 heavy (non-hydrogen) atoms. The van der Waals surface area contributed by atoms with E-state index in [0.29, 0.717) is 31.4 Å². The summed E-state index contributed by atoms with van der Waals surface area (Å²) in [6.07, 6.45) is 1.72. The maximum atomic E-state index is 13.3. The molecule has 2 amide bonds. The number of sulfonamides is 1. The van der Waals surface area contributed by atoms with Crippen LogP contribution in [-0.2, 0) is 14.8 Å². The van der Waals surface area contributed by atoms with Crippen molar-refractivity contribution in [1.82, 2.24) is 10.0 Å². The minimum Gasteiger partial charge on any atom is -0.352 e. The van der Waals surface area contributed by atoms with Crippen LogP contribution in [0.5, 0.6) is 0 Å². The predicted octanol–water partition coefficient (Wildman–Crippen LogP) is 5.34. The first-order valence-electron chi connectivity index (χ1n) is 12.3. The van der Waals surface area contributed by atoms with E-state index >= 15 is 0 Å². The molecule has 4 aromatic rings. The van der Waals surface area contributed by atoms with Crippen LogP contribution < -0.4 is 10.0 Å². The highest BCUT2D eigenvalue weighted by molar-refractivity contribution is 7.90. The van der Waals surface area contributed by atoms with E-state index < -0.39 is 21.8 Å². The zero-order valence-electron chi connectivity index (χ0n) is 20.7. The van der Waals surface area contributed by atoms with Crippen molar-refractivity contribution in [1.29, 1.82) is 0 Å². The fourth-order valence-corrected chi connectivity index (χ4v) is 5.24. The topological polar surface area (TPSA) is 92.3 Å². The molecule has 190 valence electrons. The standard InChI is InChI=1S/C30H30N2O4S/c1-22-14-18-27(19-15-22)37(35,36)32-30(34)28(26-17-16-23-9-5-6-12-25(23)21-26)13-7-8-20-31-29(33)24-10-3-2-4-11-24/h2-6,9-12,14-19,21,28H,7-8,13,20H2,1H3,(H,31,33)(H,32,34). The second-order valence-electron chi connectivity index (χ2n) is 9.06. The molecule has 0 saturated carbocycles. The number of fused-ring (bicyclic) bond motifs is 1. The molecule has 2 N–H and O–H groups in total. The zero-order chi connectivity index (χ0) is 26.3. The summed E-state index contributed by atoms with van der Waals surface area (Å²) in [5.74, 6) is -1.37. The normalized spacial score (nSPS) is 12.1. The number of amides is 2. The van der Waals surface area contributed by atoms with Crippen LogP contribution in [0.1, 0.15) is 46.7 Å². The number of aryl methyl sites for hydroxylation is 1. The lowest BCUT2D eigenvalue weighted by Crippen LogP contribution is -2.35. The van der Waals surface area contributed by atoms with Gasteiger partial charge < -0.3 is 5.32 Å². The number of hydrogen-bond acceptors (Lipinski definition) is 4. The quantitative estimate of drug-likeness (QED) is 0.280. The third-order valence-electron chi connectivity index (χ3n) is 6.30. The van der Waals surface area contributed by atoms with Crippen LogP contribution in [0.15, 0.2) is 102 Å². The molecule has 0 spiro atoms. The number of unbranched alkanes of at least 4 members (excludes halogenated alkanes) is 1. The van der Waals surface area contributed by atoms with Crippen molar-refractivity contribution >= 4 is 32.6 Å². The molecule has 7 heteroatoms. The summed E-state index contributed by atoms with van der Waals surface area (Å²) in [5.41, 5.74) is 2.28. The van der Waals surface area contributed by atoms with Gasteiger partial charge in [0.25, 0.3) is 15.9 Å². The lowest BCUT2D eigenvalue weighted by Gasteiger charge is -2.18. The molecule has 0 saturated heterocycles. The average Bonchev–Trinajstić information content (AvgIpc) is 2.90. The largest absolute Gasteiger partial charge is 0.352 e. The highest BCUT2D eigenvalue weighted by atomic mass is 32.2. The molecule has 1 atom stereocenters. The minimum atomic E-state index is -4.01. The Morgan fingerprint density at radius 1 is 0.784 bits per heavy atom. The molecule has 0 aliphatic rings. The van der Waals surface area contributed by atoms with E-state index in [1.54, 1.807) is 24.3 Å². The Kier molecular flexibility index (Phi) is 8.36. The first-order chi connectivity index (χ1) is 17.8. The maximum Gasteiger partial charge on any atom is 0.264 e. The van der Waals surface area contributed by atoms with Gasteiger partial charge in [-0.05, 0) is 60.4 Å². The number of carbonyl (C=O) groups is 2. The Bertz CT molecular complexity index is 1480. The van der Waals surface area contributed by atoms with Gasteiger partial charge in [-0.2, -0.15) is 0 Å². The molecule has 6 nitrogen and oxygen atoms in total. The average molecular weight is 515 g/mol. The van der Waals surface area contributed by atoms with E-state index in [1.807, 2.05) is 67.6 Å². The van der Waals surface area contributed by atoms with Crippen molar-refractivity contribution in [2.75, 3.05) is 6.54 Å². The van der Waals surface area contributed by atoms with E-state index in [4.69, 9.17) is 0 Å². The second kappa shape index (κ2) is 11.8. The summed E-state index contributed by atoms with van der Waals surface area (Å²) in [6.45, 7) is 2.33. The van der Waals surface area contributed by atoms with Gasteiger partial charge in [0.05, 0.1) is 10.8 Å². The first kappa shape index (κ1) is 26.1. The van der Waals surface area contributed by atoms with E-state index in [9.17, 15) is 18.0 Å². The monoisotopic (exact) mass is 514 g/mol. The number of nitrogens with one attached hydrogen (secondary N) is 2. The van der Waals surface area contributed by atoms with Gasteiger partial charge in [-0.3, -0.25) is 9.59 Å². The lowest BCUT2D eigenvalue weighted by atomic mass is 9.91. The molecule has 0 aromatic heterocycles. The van der Waals surface area contributed by atoms with Crippen LogP contribution in [0.2, 0.25) is 0 Å². The van der Waals surface area contributed by atoms with Crippen molar-refractivity contribution < 1.29 is 18.0 Å². The molecule has 0 radical (unpaired) electrons. The number of carbonyl (C=O) groups excluding carboxylic acids is 2. The SMILES string of the molecule is Cc1ccc(S(=O)(=O)NC(=O)C(CCCCNC(=O)c2ccccc2)c2ccc3ccccc3c2)cc1. The van der Waals surface area contributed by atoms with Gasteiger partial charge in [0, 0.05) is 12.1 Å². The fourth-order valence-electron chi connectivity index (χ4n) is 4.22.